The van der Waals surface area contributed by atoms with Gasteiger partial charge in [-0.05, 0) is 25.7 Å². The fourth-order valence-electron chi connectivity index (χ4n) is 1.96. The highest BCUT2D eigenvalue weighted by Gasteiger charge is 2.26. The number of aliphatic hydroxyl groups is 1. The van der Waals surface area contributed by atoms with Crippen LogP contribution >= 0.6 is 0 Å². The van der Waals surface area contributed by atoms with E-state index in [1.165, 1.54) is 7.05 Å². The molecule has 0 aromatic heterocycles. The lowest BCUT2D eigenvalue weighted by molar-refractivity contribution is -0.121. The SMILES string of the molecule is CNC(=O)NC(=O)C(C)NCC1CCCC1O. The summed E-state index contributed by atoms with van der Waals surface area (Å²) in [5, 5.41) is 17.2. The predicted molar refractivity (Wildman–Crippen MR) is 63.4 cm³/mol. The molecule has 1 saturated carbocycles. The molecule has 0 heterocycles. The van der Waals surface area contributed by atoms with Crippen LogP contribution in [0.25, 0.3) is 0 Å². The number of carbonyl (C=O) groups excluding carboxylic acids is 2. The number of hydrogen-bond acceptors (Lipinski definition) is 4. The molecular formula is C11H21N3O3. The lowest BCUT2D eigenvalue weighted by Gasteiger charge is -2.18. The van der Waals surface area contributed by atoms with Crippen LogP contribution in [-0.4, -0.2) is 42.8 Å². The molecule has 3 atom stereocenters. The first-order valence-corrected chi connectivity index (χ1v) is 5.98. The third kappa shape index (κ3) is 4.32. The summed E-state index contributed by atoms with van der Waals surface area (Å²) in [7, 11) is 1.45. The van der Waals surface area contributed by atoms with Crippen molar-refractivity contribution >= 4 is 11.9 Å². The highest BCUT2D eigenvalue weighted by Crippen LogP contribution is 2.24. The maximum Gasteiger partial charge on any atom is 0.321 e. The van der Waals surface area contributed by atoms with Crippen molar-refractivity contribution in [1.82, 2.24) is 16.0 Å². The minimum absolute atomic E-state index is 0.213. The van der Waals surface area contributed by atoms with Crippen molar-refractivity contribution < 1.29 is 14.7 Å². The number of urea groups is 1. The molecule has 1 aliphatic rings. The summed E-state index contributed by atoms with van der Waals surface area (Å²) in [6, 6.07) is -0.954. The van der Waals surface area contributed by atoms with Crippen LogP contribution in [0.1, 0.15) is 26.2 Å². The van der Waals surface area contributed by atoms with E-state index in [0.717, 1.165) is 19.3 Å². The third-order valence-corrected chi connectivity index (χ3v) is 3.16. The molecule has 4 N–H and O–H groups in total. The summed E-state index contributed by atoms with van der Waals surface area (Å²) in [6.07, 6.45) is 2.59. The van der Waals surface area contributed by atoms with Crippen LogP contribution in [0.2, 0.25) is 0 Å². The maximum absolute atomic E-state index is 11.5. The molecule has 98 valence electrons. The Kier molecular flexibility index (Phi) is 5.37. The van der Waals surface area contributed by atoms with Crippen molar-refractivity contribution in [2.75, 3.05) is 13.6 Å². The largest absolute Gasteiger partial charge is 0.393 e. The Balaban J connectivity index is 2.26. The first kappa shape index (κ1) is 13.9. The van der Waals surface area contributed by atoms with Gasteiger partial charge in [0, 0.05) is 13.6 Å². The Morgan fingerprint density at radius 1 is 1.41 bits per heavy atom. The lowest BCUT2D eigenvalue weighted by atomic mass is 10.1. The Hall–Kier alpha value is -1.14. The summed E-state index contributed by atoms with van der Waals surface area (Å²) in [6.45, 7) is 2.29. The van der Waals surface area contributed by atoms with E-state index in [1.807, 2.05) is 0 Å². The molecule has 6 nitrogen and oxygen atoms in total. The van der Waals surface area contributed by atoms with Crippen molar-refractivity contribution in [3.05, 3.63) is 0 Å². The van der Waals surface area contributed by atoms with Crippen LogP contribution in [0.5, 0.6) is 0 Å². The van der Waals surface area contributed by atoms with Crippen molar-refractivity contribution in [2.24, 2.45) is 5.92 Å². The summed E-state index contributed by atoms with van der Waals surface area (Å²) < 4.78 is 0. The Morgan fingerprint density at radius 3 is 2.65 bits per heavy atom. The molecule has 0 aliphatic heterocycles. The fourth-order valence-corrected chi connectivity index (χ4v) is 1.96. The van der Waals surface area contributed by atoms with E-state index in [2.05, 4.69) is 16.0 Å². The first-order chi connectivity index (χ1) is 8.04. The van der Waals surface area contributed by atoms with Gasteiger partial charge < -0.3 is 15.7 Å². The van der Waals surface area contributed by atoms with Gasteiger partial charge in [0.15, 0.2) is 0 Å². The molecule has 3 amide bonds. The zero-order chi connectivity index (χ0) is 12.8. The number of carbonyl (C=O) groups is 2. The zero-order valence-electron chi connectivity index (χ0n) is 10.3. The van der Waals surface area contributed by atoms with Crippen molar-refractivity contribution in [3.8, 4) is 0 Å². The number of amides is 3. The van der Waals surface area contributed by atoms with Crippen molar-refractivity contribution in [3.63, 3.8) is 0 Å². The molecule has 0 bridgehead atoms. The molecule has 3 unspecified atom stereocenters. The molecule has 6 heteroatoms. The van der Waals surface area contributed by atoms with Gasteiger partial charge in [-0.3, -0.25) is 10.1 Å². The predicted octanol–water partition coefficient (Wildman–Crippen LogP) is -0.419. The average Bonchev–Trinajstić information content (AvgIpc) is 2.71. The second kappa shape index (κ2) is 6.56. The van der Waals surface area contributed by atoms with E-state index >= 15 is 0 Å². The number of imide groups is 1. The highest BCUT2D eigenvalue weighted by molar-refractivity contribution is 5.96. The van der Waals surface area contributed by atoms with E-state index in [4.69, 9.17) is 0 Å². The number of aliphatic hydroxyl groups excluding tert-OH is 1. The van der Waals surface area contributed by atoms with Gasteiger partial charge in [0.25, 0.3) is 0 Å². The van der Waals surface area contributed by atoms with Crippen LogP contribution in [0, 0.1) is 5.92 Å². The Morgan fingerprint density at radius 2 is 2.12 bits per heavy atom. The highest BCUT2D eigenvalue weighted by atomic mass is 16.3. The second-order valence-electron chi connectivity index (χ2n) is 4.46. The Bertz CT molecular complexity index is 283. The monoisotopic (exact) mass is 243 g/mol. The molecule has 0 radical (unpaired) electrons. The molecule has 1 fully saturated rings. The van der Waals surface area contributed by atoms with Gasteiger partial charge >= 0.3 is 6.03 Å². The maximum atomic E-state index is 11.5. The number of rotatable bonds is 4. The average molecular weight is 243 g/mol. The van der Waals surface area contributed by atoms with Crippen LogP contribution < -0.4 is 16.0 Å². The van der Waals surface area contributed by atoms with Crippen LogP contribution in [0.3, 0.4) is 0 Å². The topological polar surface area (TPSA) is 90.5 Å². The smallest absolute Gasteiger partial charge is 0.321 e. The summed E-state index contributed by atoms with van der Waals surface area (Å²) in [5.74, 6) is -0.151. The Labute approximate surface area is 101 Å². The molecule has 17 heavy (non-hydrogen) atoms. The third-order valence-electron chi connectivity index (χ3n) is 3.16. The van der Waals surface area contributed by atoms with Crippen molar-refractivity contribution in [2.45, 2.75) is 38.3 Å². The van der Waals surface area contributed by atoms with E-state index in [9.17, 15) is 14.7 Å². The van der Waals surface area contributed by atoms with E-state index in [0.29, 0.717) is 6.54 Å². The zero-order valence-corrected chi connectivity index (χ0v) is 10.3. The molecule has 0 aromatic rings. The minimum Gasteiger partial charge on any atom is -0.393 e. The molecule has 1 rings (SSSR count). The standard InChI is InChI=1S/C11H21N3O3/c1-7(10(16)14-11(17)12-2)13-6-8-4-3-5-9(8)15/h7-9,13,15H,3-6H2,1-2H3,(H2,12,14,16,17). The summed E-state index contributed by atoms with van der Waals surface area (Å²) >= 11 is 0. The summed E-state index contributed by atoms with van der Waals surface area (Å²) in [4.78, 5) is 22.4. The van der Waals surface area contributed by atoms with Gasteiger partial charge in [-0.25, -0.2) is 4.79 Å². The fraction of sp³-hybridized carbons (Fsp3) is 0.818. The van der Waals surface area contributed by atoms with Crippen molar-refractivity contribution in [1.29, 1.82) is 0 Å². The van der Waals surface area contributed by atoms with Gasteiger partial charge in [0.05, 0.1) is 12.1 Å². The summed E-state index contributed by atoms with van der Waals surface area (Å²) in [5.41, 5.74) is 0. The van der Waals surface area contributed by atoms with Crippen LogP contribution in [-0.2, 0) is 4.79 Å². The van der Waals surface area contributed by atoms with E-state index in [-0.39, 0.29) is 17.9 Å². The van der Waals surface area contributed by atoms with Gasteiger partial charge in [-0.1, -0.05) is 6.42 Å². The number of hydrogen-bond donors (Lipinski definition) is 4. The normalized spacial score (nSPS) is 25.4. The quantitative estimate of drug-likeness (QED) is 0.540. The molecule has 0 saturated heterocycles. The lowest BCUT2D eigenvalue weighted by Crippen LogP contribution is -2.48. The molecule has 1 aliphatic carbocycles. The van der Waals surface area contributed by atoms with Crippen LogP contribution in [0.15, 0.2) is 0 Å². The second-order valence-corrected chi connectivity index (χ2v) is 4.46. The van der Waals surface area contributed by atoms with E-state index in [1.54, 1.807) is 6.92 Å². The first-order valence-electron chi connectivity index (χ1n) is 5.98. The molecule has 0 spiro atoms. The van der Waals surface area contributed by atoms with Gasteiger partial charge in [-0.2, -0.15) is 0 Å². The van der Waals surface area contributed by atoms with Gasteiger partial charge in [-0.15, -0.1) is 0 Å². The van der Waals surface area contributed by atoms with Crippen LogP contribution in [0.4, 0.5) is 4.79 Å². The minimum atomic E-state index is -0.510. The van der Waals surface area contributed by atoms with E-state index < -0.39 is 12.1 Å². The van der Waals surface area contributed by atoms with Gasteiger partial charge in [0.2, 0.25) is 5.91 Å². The molecular weight excluding hydrogens is 222 g/mol. The molecule has 0 aromatic carbocycles. The number of nitrogens with one attached hydrogen (secondary N) is 3. The van der Waals surface area contributed by atoms with Gasteiger partial charge in [0.1, 0.15) is 0 Å².